The fourth-order valence-electron chi connectivity index (χ4n) is 8.80. The number of piperazine rings is 1. The molecule has 2 unspecified atom stereocenters. The standard InChI is InChI=1S/C37H41F2N5O3/c1-2-27-31(38)8-3-21-11-26(45)12-30(32(21)27)28-6-7-29-34(33(28)39)41-36(42-35(29)44-15-24-4-5-25(16-44)40-24)47-20-37(9-10-37)19-43-13-22-17-46-18-23(22)14-43/h3,6-8,11-12,22-25,40,45H,2,4-5,9-10,13-20H2,1H3/t22-,23+,24?,25?. The van der Waals surface area contributed by atoms with Crippen LogP contribution in [0.4, 0.5) is 14.6 Å². The van der Waals surface area contributed by atoms with E-state index in [1.165, 1.54) is 12.1 Å². The van der Waals surface area contributed by atoms with Gasteiger partial charge < -0.3 is 29.7 Å². The quantitative estimate of drug-likeness (QED) is 0.255. The summed E-state index contributed by atoms with van der Waals surface area (Å²) in [5.41, 5.74) is 1.43. The minimum Gasteiger partial charge on any atom is -0.508 e. The van der Waals surface area contributed by atoms with Gasteiger partial charge in [-0.3, -0.25) is 0 Å². The predicted molar refractivity (Wildman–Crippen MR) is 177 cm³/mol. The van der Waals surface area contributed by atoms with Crippen molar-refractivity contribution in [2.24, 2.45) is 17.3 Å². The van der Waals surface area contributed by atoms with E-state index in [9.17, 15) is 5.11 Å². The second-order valence-electron chi connectivity index (χ2n) is 14.7. The van der Waals surface area contributed by atoms with E-state index in [0.717, 1.165) is 71.6 Å². The van der Waals surface area contributed by atoms with Crippen LogP contribution >= 0.6 is 0 Å². The number of benzene rings is 3. The topological polar surface area (TPSA) is 83.0 Å². The molecule has 2 N–H and O–H groups in total. The summed E-state index contributed by atoms with van der Waals surface area (Å²) in [5, 5.41) is 16.2. The number of aromatic nitrogens is 2. The minimum atomic E-state index is -0.528. The zero-order valence-corrected chi connectivity index (χ0v) is 26.8. The van der Waals surface area contributed by atoms with Gasteiger partial charge in [-0.25, -0.2) is 8.78 Å². The number of nitrogens with one attached hydrogen (secondary N) is 1. The molecule has 1 aromatic heterocycles. The van der Waals surface area contributed by atoms with Gasteiger partial charge in [0.1, 0.15) is 22.9 Å². The molecule has 5 fully saturated rings. The largest absolute Gasteiger partial charge is 0.508 e. The highest BCUT2D eigenvalue weighted by Crippen LogP contribution is 2.48. The lowest BCUT2D eigenvalue weighted by molar-refractivity contribution is 0.131. The summed E-state index contributed by atoms with van der Waals surface area (Å²) >= 11 is 0. The Kier molecular flexibility index (Phi) is 7.06. The van der Waals surface area contributed by atoms with Gasteiger partial charge in [0.05, 0.1) is 19.8 Å². The van der Waals surface area contributed by atoms with Crippen LogP contribution in [-0.4, -0.2) is 84.6 Å². The van der Waals surface area contributed by atoms with Crippen molar-refractivity contribution in [3.8, 4) is 22.9 Å². The van der Waals surface area contributed by atoms with Crippen LogP contribution in [0.1, 0.15) is 38.2 Å². The summed E-state index contributed by atoms with van der Waals surface area (Å²) in [4.78, 5) is 14.5. The molecule has 9 rings (SSSR count). The van der Waals surface area contributed by atoms with E-state index in [2.05, 4.69) is 15.1 Å². The van der Waals surface area contributed by atoms with Gasteiger partial charge in [-0.2, -0.15) is 9.97 Å². The summed E-state index contributed by atoms with van der Waals surface area (Å²) in [6.07, 6.45) is 4.84. The van der Waals surface area contributed by atoms with Crippen LogP contribution in [0.2, 0.25) is 0 Å². The number of ether oxygens (including phenoxy) is 2. The molecule has 1 saturated carbocycles. The molecule has 47 heavy (non-hydrogen) atoms. The molecule has 4 aromatic rings. The van der Waals surface area contributed by atoms with E-state index in [1.807, 2.05) is 13.0 Å². The highest BCUT2D eigenvalue weighted by Gasteiger charge is 2.48. The molecule has 1 aliphatic carbocycles. The third-order valence-corrected chi connectivity index (χ3v) is 11.4. The molecular weight excluding hydrogens is 600 g/mol. The smallest absolute Gasteiger partial charge is 0.319 e. The third-order valence-electron chi connectivity index (χ3n) is 11.4. The van der Waals surface area contributed by atoms with Crippen LogP contribution in [0, 0.1) is 28.9 Å². The number of phenolic OH excluding ortho intramolecular Hbond substituents is 1. The van der Waals surface area contributed by atoms with E-state index < -0.39 is 5.82 Å². The summed E-state index contributed by atoms with van der Waals surface area (Å²) in [6.45, 7) is 8.82. The molecule has 2 bridgehead atoms. The van der Waals surface area contributed by atoms with Crippen molar-refractivity contribution in [3.63, 3.8) is 0 Å². The molecular formula is C37H41F2N5O3. The Morgan fingerprint density at radius 1 is 0.979 bits per heavy atom. The molecule has 0 amide bonds. The van der Waals surface area contributed by atoms with Gasteiger partial charge in [0.2, 0.25) is 0 Å². The maximum Gasteiger partial charge on any atom is 0.319 e. The normalized spacial score (nSPS) is 26.4. The summed E-state index contributed by atoms with van der Waals surface area (Å²) in [6, 6.07) is 10.7. The number of likely N-dealkylation sites (tertiary alicyclic amines) is 1. The Hall–Kier alpha value is -3.60. The van der Waals surface area contributed by atoms with Crippen molar-refractivity contribution < 1.29 is 23.4 Å². The number of hydrogen-bond donors (Lipinski definition) is 2. The Morgan fingerprint density at radius 3 is 2.47 bits per heavy atom. The van der Waals surface area contributed by atoms with Gasteiger partial charge in [-0.05, 0) is 78.3 Å². The maximum atomic E-state index is 16.9. The highest BCUT2D eigenvalue weighted by atomic mass is 19.1. The number of aryl methyl sites for hydroxylation is 1. The van der Waals surface area contributed by atoms with Crippen LogP contribution in [0.5, 0.6) is 11.8 Å². The number of hydrogen-bond acceptors (Lipinski definition) is 8. The first-order valence-electron chi connectivity index (χ1n) is 17.2. The average Bonchev–Trinajstić information content (AvgIpc) is 3.30. The lowest BCUT2D eigenvalue weighted by Crippen LogP contribution is -2.51. The van der Waals surface area contributed by atoms with E-state index in [4.69, 9.17) is 19.4 Å². The van der Waals surface area contributed by atoms with Crippen LogP contribution in [0.3, 0.4) is 0 Å². The van der Waals surface area contributed by atoms with Gasteiger partial charge in [0.15, 0.2) is 5.82 Å². The van der Waals surface area contributed by atoms with Crippen molar-refractivity contribution in [2.75, 3.05) is 57.4 Å². The molecule has 5 aliphatic rings. The zero-order valence-electron chi connectivity index (χ0n) is 26.8. The number of aromatic hydroxyl groups is 1. The van der Waals surface area contributed by atoms with Crippen LogP contribution in [-0.2, 0) is 11.2 Å². The fraction of sp³-hybridized carbons (Fsp3) is 0.514. The minimum absolute atomic E-state index is 0.00626. The summed E-state index contributed by atoms with van der Waals surface area (Å²) in [5.74, 6) is 1.08. The van der Waals surface area contributed by atoms with E-state index in [0.29, 0.717) is 70.1 Å². The number of rotatable bonds is 8. The number of nitrogens with zero attached hydrogens (tertiary/aromatic N) is 4. The summed E-state index contributed by atoms with van der Waals surface area (Å²) < 4.78 is 44.0. The van der Waals surface area contributed by atoms with Crippen molar-refractivity contribution in [2.45, 2.75) is 51.1 Å². The number of phenols is 1. The SMILES string of the molecule is CCc1c(F)ccc2cc(O)cc(-c3ccc4c(N5CC6CCC(C5)N6)nc(OCC5(CN6C[C@H]7COC[C@H]7C6)CC5)nc4c3F)c12. The number of anilines is 1. The monoisotopic (exact) mass is 641 g/mol. The third kappa shape index (κ3) is 5.20. The first kappa shape index (κ1) is 29.5. The molecule has 3 aromatic carbocycles. The molecule has 4 saturated heterocycles. The molecule has 4 aliphatic heterocycles. The van der Waals surface area contributed by atoms with Crippen molar-refractivity contribution >= 4 is 27.5 Å². The fourth-order valence-corrected chi connectivity index (χ4v) is 8.80. The molecule has 8 nitrogen and oxygen atoms in total. The second kappa shape index (κ2) is 11.2. The van der Waals surface area contributed by atoms with E-state index in [1.54, 1.807) is 18.2 Å². The molecule has 10 heteroatoms. The summed E-state index contributed by atoms with van der Waals surface area (Å²) in [7, 11) is 0. The predicted octanol–water partition coefficient (Wildman–Crippen LogP) is 5.67. The van der Waals surface area contributed by atoms with Crippen LogP contribution < -0.4 is 15.0 Å². The van der Waals surface area contributed by atoms with E-state index in [-0.39, 0.29) is 34.1 Å². The Balaban J connectivity index is 1.10. The van der Waals surface area contributed by atoms with Gasteiger partial charge in [-0.1, -0.05) is 19.1 Å². The van der Waals surface area contributed by atoms with Crippen molar-refractivity contribution in [3.05, 3.63) is 53.6 Å². The average molecular weight is 642 g/mol. The maximum absolute atomic E-state index is 16.9. The highest BCUT2D eigenvalue weighted by molar-refractivity contribution is 6.03. The van der Waals surface area contributed by atoms with Crippen LogP contribution in [0.25, 0.3) is 32.8 Å². The lowest BCUT2D eigenvalue weighted by atomic mass is 9.92. The lowest BCUT2D eigenvalue weighted by Gasteiger charge is -2.34. The van der Waals surface area contributed by atoms with Gasteiger partial charge >= 0.3 is 6.01 Å². The first-order chi connectivity index (χ1) is 22.9. The van der Waals surface area contributed by atoms with Gasteiger partial charge in [0.25, 0.3) is 0 Å². The van der Waals surface area contributed by atoms with Gasteiger partial charge in [-0.15, -0.1) is 0 Å². The number of halogens is 2. The van der Waals surface area contributed by atoms with Gasteiger partial charge in [0, 0.05) is 73.0 Å². The molecule has 246 valence electrons. The zero-order chi connectivity index (χ0) is 31.9. The molecule has 0 radical (unpaired) electrons. The Morgan fingerprint density at radius 2 is 1.74 bits per heavy atom. The second-order valence-corrected chi connectivity index (χ2v) is 14.7. The van der Waals surface area contributed by atoms with Crippen LogP contribution in [0.15, 0.2) is 36.4 Å². The van der Waals surface area contributed by atoms with Crippen molar-refractivity contribution in [1.29, 1.82) is 0 Å². The van der Waals surface area contributed by atoms with E-state index >= 15 is 8.78 Å². The molecule has 4 atom stereocenters. The first-order valence-corrected chi connectivity index (χ1v) is 17.2. The molecule has 5 heterocycles. The number of fused-ring (bicyclic) bond motifs is 5. The Labute approximate surface area is 273 Å². The molecule has 0 spiro atoms. The Bertz CT molecular complexity index is 1860. The van der Waals surface area contributed by atoms with Crippen molar-refractivity contribution in [1.82, 2.24) is 20.2 Å².